The van der Waals surface area contributed by atoms with Crippen LogP contribution in [0, 0.1) is 6.92 Å². The summed E-state index contributed by atoms with van der Waals surface area (Å²) in [5, 5.41) is 1.40. The summed E-state index contributed by atoms with van der Waals surface area (Å²) in [6, 6.07) is 62.9. The van der Waals surface area contributed by atoms with Crippen LogP contribution in [0.2, 0.25) is 10.0 Å². The van der Waals surface area contributed by atoms with Gasteiger partial charge in [0.05, 0.1) is 12.1 Å². The van der Waals surface area contributed by atoms with Gasteiger partial charge in [0, 0.05) is 39.2 Å². The van der Waals surface area contributed by atoms with Crippen molar-refractivity contribution in [1.82, 2.24) is 0 Å². The molecular formula is C56H46Cl2N2. The molecule has 0 radical (unpaired) electrons. The van der Waals surface area contributed by atoms with E-state index in [9.17, 15) is 0 Å². The maximum absolute atomic E-state index is 6.42. The number of hydrogen-bond acceptors (Lipinski definition) is 2. The highest BCUT2D eigenvalue weighted by Gasteiger charge is 2.44. The highest BCUT2D eigenvalue weighted by Crippen LogP contribution is 2.51. The molecule has 1 saturated heterocycles. The molecule has 60 heavy (non-hydrogen) atoms. The Labute approximate surface area is 364 Å². The minimum absolute atomic E-state index is 0.230. The molecule has 2 unspecified atom stereocenters. The van der Waals surface area contributed by atoms with E-state index in [4.69, 9.17) is 23.2 Å². The van der Waals surface area contributed by atoms with E-state index in [1.165, 1.54) is 50.5 Å². The normalized spacial score (nSPS) is 16.3. The lowest BCUT2D eigenvalue weighted by Gasteiger charge is -2.42. The molecular weight excluding hydrogens is 772 g/mol. The van der Waals surface area contributed by atoms with Gasteiger partial charge in [0.2, 0.25) is 0 Å². The van der Waals surface area contributed by atoms with E-state index >= 15 is 0 Å². The average molecular weight is 818 g/mol. The fourth-order valence-corrected chi connectivity index (χ4v) is 9.19. The van der Waals surface area contributed by atoms with Gasteiger partial charge in [-0.2, -0.15) is 0 Å². The SMILES string of the molecule is Cc1ccc(/C(=C/C=C/c2ccc3c(c2)C2C(CCCN2c2ccccc2)N3c2ccc(/C=C/C=C(c3cccc(Cl)c3)c3cccc(Cl)c3)cc2)c2ccccc2)cc1. The van der Waals surface area contributed by atoms with Gasteiger partial charge in [0.25, 0.3) is 0 Å². The number of allylic oxidation sites excluding steroid dienone is 4. The molecule has 7 aromatic rings. The Morgan fingerprint density at radius 2 is 1.10 bits per heavy atom. The Morgan fingerprint density at radius 3 is 1.75 bits per heavy atom. The van der Waals surface area contributed by atoms with E-state index in [0.29, 0.717) is 16.1 Å². The van der Waals surface area contributed by atoms with Crippen LogP contribution in [0.1, 0.15) is 63.4 Å². The minimum Gasteiger partial charge on any atom is -0.362 e. The molecule has 0 spiro atoms. The Hall–Kier alpha value is -6.32. The maximum atomic E-state index is 6.42. The summed E-state index contributed by atoms with van der Waals surface area (Å²) in [4.78, 5) is 5.23. The van der Waals surface area contributed by atoms with Crippen LogP contribution < -0.4 is 9.80 Å². The lowest BCUT2D eigenvalue weighted by atomic mass is 9.92. The molecule has 0 N–H and O–H groups in total. The van der Waals surface area contributed by atoms with Crippen molar-refractivity contribution in [1.29, 1.82) is 0 Å². The highest BCUT2D eigenvalue weighted by atomic mass is 35.5. The second kappa shape index (κ2) is 17.9. The summed E-state index contributed by atoms with van der Waals surface area (Å²) < 4.78 is 0. The van der Waals surface area contributed by atoms with Crippen molar-refractivity contribution in [2.45, 2.75) is 31.8 Å². The summed E-state index contributed by atoms with van der Waals surface area (Å²) in [7, 11) is 0. The van der Waals surface area contributed by atoms with Crippen molar-refractivity contribution < 1.29 is 0 Å². The highest BCUT2D eigenvalue weighted by molar-refractivity contribution is 6.31. The molecule has 2 heterocycles. The van der Waals surface area contributed by atoms with Gasteiger partial charge in [-0.15, -0.1) is 0 Å². The summed E-state index contributed by atoms with van der Waals surface area (Å²) in [6.07, 6.45) is 15.4. The molecule has 0 aromatic heterocycles. The standard InChI is InChI=1S/C56H46Cl2N2/c1-40-26-31-44(32-27-40)51(43-15-4-2-5-16-43)23-9-14-42-30-35-54-53(37-42)56-55(25-12-36-59(56)49-21-6-3-7-22-49)60(54)50-33-28-41(29-34-50)13-8-24-52(45-17-10-19-47(57)38-45)46-18-11-20-48(58)39-46/h2-11,13-24,26-35,37-39,55-56H,12,25,36H2,1H3/b13-8+,14-9+,51-23+. The summed E-state index contributed by atoms with van der Waals surface area (Å²) >= 11 is 12.8. The average Bonchev–Trinajstić information content (AvgIpc) is 3.62. The number of para-hydroxylation sites is 1. The fourth-order valence-electron chi connectivity index (χ4n) is 8.81. The molecule has 7 aromatic carbocycles. The third-order valence-electron chi connectivity index (χ3n) is 11.6. The first-order chi connectivity index (χ1) is 29.5. The number of nitrogens with zero attached hydrogens (tertiary/aromatic N) is 2. The summed E-state index contributed by atoms with van der Waals surface area (Å²) in [5.74, 6) is 0. The summed E-state index contributed by atoms with van der Waals surface area (Å²) in [5.41, 5.74) is 15.5. The van der Waals surface area contributed by atoms with Crippen molar-refractivity contribution in [2.75, 3.05) is 16.3 Å². The lowest BCUT2D eigenvalue weighted by Crippen LogP contribution is -2.44. The first kappa shape index (κ1) is 39.2. The molecule has 1 fully saturated rings. The number of piperidine rings is 1. The third-order valence-corrected chi connectivity index (χ3v) is 12.1. The van der Waals surface area contributed by atoms with Gasteiger partial charge >= 0.3 is 0 Å². The Morgan fingerprint density at radius 1 is 0.533 bits per heavy atom. The van der Waals surface area contributed by atoms with Crippen molar-refractivity contribution in [2.24, 2.45) is 0 Å². The smallest absolute Gasteiger partial charge is 0.0770 e. The minimum atomic E-state index is 0.230. The number of rotatable bonds is 10. The zero-order chi connectivity index (χ0) is 40.8. The van der Waals surface area contributed by atoms with Gasteiger partial charge in [0.1, 0.15) is 0 Å². The topological polar surface area (TPSA) is 6.48 Å². The molecule has 294 valence electrons. The van der Waals surface area contributed by atoms with Gasteiger partial charge < -0.3 is 9.80 Å². The number of anilines is 3. The van der Waals surface area contributed by atoms with E-state index in [2.05, 4.69) is 193 Å². The number of aryl methyl sites for hydroxylation is 1. The predicted octanol–water partition coefficient (Wildman–Crippen LogP) is 15.5. The van der Waals surface area contributed by atoms with Gasteiger partial charge in [0.15, 0.2) is 0 Å². The van der Waals surface area contributed by atoms with Crippen LogP contribution in [0.25, 0.3) is 23.3 Å². The number of halogens is 2. The molecule has 2 aliphatic rings. The Balaban J connectivity index is 1.04. The van der Waals surface area contributed by atoms with Crippen LogP contribution in [0.4, 0.5) is 17.1 Å². The molecule has 2 nitrogen and oxygen atoms in total. The van der Waals surface area contributed by atoms with E-state index in [1.807, 2.05) is 36.4 Å². The zero-order valence-electron chi connectivity index (χ0n) is 33.6. The largest absolute Gasteiger partial charge is 0.362 e. The maximum Gasteiger partial charge on any atom is 0.0770 e. The van der Waals surface area contributed by atoms with E-state index in [-0.39, 0.29) is 6.04 Å². The van der Waals surface area contributed by atoms with E-state index in [1.54, 1.807) is 0 Å². The van der Waals surface area contributed by atoms with Crippen LogP contribution in [0.5, 0.6) is 0 Å². The number of hydrogen-bond donors (Lipinski definition) is 0. The summed E-state index contributed by atoms with van der Waals surface area (Å²) in [6.45, 7) is 3.16. The van der Waals surface area contributed by atoms with Crippen molar-refractivity contribution in [3.8, 4) is 0 Å². The van der Waals surface area contributed by atoms with Gasteiger partial charge in [-0.1, -0.05) is 180 Å². The quantitative estimate of drug-likeness (QED) is 0.127. The second-order valence-electron chi connectivity index (χ2n) is 15.6. The van der Waals surface area contributed by atoms with Gasteiger partial charge in [-0.25, -0.2) is 0 Å². The van der Waals surface area contributed by atoms with Crippen LogP contribution in [-0.2, 0) is 0 Å². The van der Waals surface area contributed by atoms with Crippen LogP contribution >= 0.6 is 23.2 Å². The van der Waals surface area contributed by atoms with Crippen molar-refractivity contribution >= 4 is 63.6 Å². The Bertz CT molecular complexity index is 2660. The van der Waals surface area contributed by atoms with E-state index in [0.717, 1.165) is 41.6 Å². The van der Waals surface area contributed by atoms with Crippen LogP contribution in [0.15, 0.2) is 200 Å². The fraction of sp³-hybridized carbons (Fsp3) is 0.107. The van der Waals surface area contributed by atoms with Gasteiger partial charge in [-0.3, -0.25) is 0 Å². The van der Waals surface area contributed by atoms with E-state index < -0.39 is 0 Å². The monoisotopic (exact) mass is 816 g/mol. The second-order valence-corrected chi connectivity index (χ2v) is 16.5. The number of fused-ring (bicyclic) bond motifs is 3. The molecule has 9 rings (SSSR count). The molecule has 0 saturated carbocycles. The van der Waals surface area contributed by atoms with Crippen molar-refractivity contribution in [3.63, 3.8) is 0 Å². The predicted molar refractivity (Wildman–Crippen MR) is 257 cm³/mol. The molecule has 2 aliphatic heterocycles. The number of benzene rings is 7. The van der Waals surface area contributed by atoms with Crippen LogP contribution in [0.3, 0.4) is 0 Å². The molecule has 2 atom stereocenters. The molecule has 0 amide bonds. The molecule has 0 aliphatic carbocycles. The Kier molecular flexibility index (Phi) is 11.7. The zero-order valence-corrected chi connectivity index (χ0v) is 35.1. The molecule has 4 heteroatoms. The van der Waals surface area contributed by atoms with Crippen LogP contribution in [-0.4, -0.2) is 12.6 Å². The molecule has 0 bridgehead atoms. The van der Waals surface area contributed by atoms with Gasteiger partial charge in [-0.05, 0) is 125 Å². The third kappa shape index (κ3) is 8.54. The first-order valence-electron chi connectivity index (χ1n) is 20.7. The van der Waals surface area contributed by atoms with Crippen molar-refractivity contribution in [3.05, 3.63) is 255 Å². The lowest BCUT2D eigenvalue weighted by molar-refractivity contribution is 0.427. The first-order valence-corrected chi connectivity index (χ1v) is 21.5.